The molecule has 0 aliphatic carbocycles. The first-order valence-electron chi connectivity index (χ1n) is 4.65. The van der Waals surface area contributed by atoms with Crippen molar-refractivity contribution in [3.8, 4) is 0 Å². The van der Waals surface area contributed by atoms with Gasteiger partial charge in [0, 0.05) is 10.7 Å². The van der Waals surface area contributed by atoms with Gasteiger partial charge in [-0.2, -0.15) is 0 Å². The summed E-state index contributed by atoms with van der Waals surface area (Å²) in [6, 6.07) is 5.18. The van der Waals surface area contributed by atoms with E-state index >= 15 is 0 Å². The number of hydrogen-bond donors (Lipinski definition) is 2. The van der Waals surface area contributed by atoms with E-state index < -0.39 is 18.0 Å². The van der Waals surface area contributed by atoms with Crippen LogP contribution in [0.3, 0.4) is 0 Å². The fraction of sp³-hybridized carbons (Fsp3) is 0.200. The lowest BCUT2D eigenvalue weighted by Gasteiger charge is -2.19. The molecule has 0 aromatic heterocycles. The van der Waals surface area contributed by atoms with E-state index in [1.54, 1.807) is 24.3 Å². The number of nitrogens with zero attached hydrogens (tertiary/aromatic N) is 1. The van der Waals surface area contributed by atoms with Gasteiger partial charge in [0.15, 0.2) is 6.04 Å². The summed E-state index contributed by atoms with van der Waals surface area (Å²) in [6.45, 7) is 0.108. The molecule has 1 saturated heterocycles. The number of carbonyl (C=O) groups excluding carboxylic acids is 1. The molecule has 0 bridgehead atoms. The Morgan fingerprint density at radius 2 is 2.06 bits per heavy atom. The summed E-state index contributed by atoms with van der Waals surface area (Å²) in [7, 11) is 0. The van der Waals surface area contributed by atoms with E-state index in [1.165, 1.54) is 4.90 Å². The molecule has 0 spiro atoms. The van der Waals surface area contributed by atoms with E-state index in [0.29, 0.717) is 10.7 Å². The molecule has 1 aliphatic rings. The summed E-state index contributed by atoms with van der Waals surface area (Å²) in [6.07, 6.45) is 0. The minimum atomic E-state index is -1.03. The molecule has 1 aromatic rings. The molecule has 1 unspecified atom stereocenters. The van der Waals surface area contributed by atoms with E-state index in [0.717, 1.165) is 0 Å². The molecule has 5 nitrogen and oxygen atoms in total. The Kier molecular flexibility index (Phi) is 2.70. The molecule has 1 heterocycles. The van der Waals surface area contributed by atoms with Crippen molar-refractivity contribution in [1.82, 2.24) is 5.32 Å². The third kappa shape index (κ3) is 1.81. The lowest BCUT2D eigenvalue weighted by Crippen LogP contribution is -2.39. The zero-order valence-corrected chi connectivity index (χ0v) is 8.94. The van der Waals surface area contributed by atoms with Crippen LogP contribution in [0, 0.1) is 0 Å². The van der Waals surface area contributed by atoms with E-state index in [-0.39, 0.29) is 6.54 Å². The number of halogens is 1. The number of urea groups is 1. The van der Waals surface area contributed by atoms with E-state index in [2.05, 4.69) is 5.32 Å². The maximum absolute atomic E-state index is 11.5. The molecule has 1 fully saturated rings. The van der Waals surface area contributed by atoms with Crippen LogP contribution < -0.4 is 10.2 Å². The van der Waals surface area contributed by atoms with Crippen LogP contribution >= 0.6 is 11.6 Å². The molecule has 1 aromatic carbocycles. The van der Waals surface area contributed by atoms with Crippen molar-refractivity contribution < 1.29 is 14.7 Å². The van der Waals surface area contributed by atoms with Gasteiger partial charge in [-0.3, -0.25) is 4.90 Å². The quantitative estimate of drug-likeness (QED) is 0.819. The summed E-state index contributed by atoms with van der Waals surface area (Å²) in [5.74, 6) is -1.03. The highest BCUT2D eigenvalue weighted by molar-refractivity contribution is 6.30. The first-order valence-corrected chi connectivity index (χ1v) is 5.03. The van der Waals surface area contributed by atoms with E-state index in [4.69, 9.17) is 16.7 Å². The van der Waals surface area contributed by atoms with Gasteiger partial charge in [-0.1, -0.05) is 11.6 Å². The Morgan fingerprint density at radius 3 is 2.62 bits per heavy atom. The fourth-order valence-corrected chi connectivity index (χ4v) is 1.72. The lowest BCUT2D eigenvalue weighted by atomic mass is 10.2. The average Bonchev–Trinajstić information content (AvgIpc) is 2.62. The Balaban J connectivity index is 2.33. The molecule has 0 saturated carbocycles. The highest BCUT2D eigenvalue weighted by Crippen LogP contribution is 2.22. The van der Waals surface area contributed by atoms with Crippen LogP contribution in [-0.2, 0) is 4.79 Å². The van der Waals surface area contributed by atoms with Gasteiger partial charge in [0.25, 0.3) is 0 Å². The topological polar surface area (TPSA) is 69.6 Å². The Morgan fingerprint density at radius 1 is 1.44 bits per heavy atom. The third-order valence-electron chi connectivity index (χ3n) is 2.37. The van der Waals surface area contributed by atoms with Crippen LogP contribution in [0.1, 0.15) is 0 Å². The first kappa shape index (κ1) is 10.8. The largest absolute Gasteiger partial charge is 0.480 e. The van der Waals surface area contributed by atoms with Crippen molar-refractivity contribution in [2.75, 3.05) is 11.4 Å². The average molecular weight is 241 g/mol. The molecule has 2 amide bonds. The number of amides is 2. The normalized spacial score (nSPS) is 19.7. The Bertz CT molecular complexity index is 432. The van der Waals surface area contributed by atoms with Gasteiger partial charge in [0.05, 0.1) is 6.54 Å². The van der Waals surface area contributed by atoms with Crippen molar-refractivity contribution in [2.24, 2.45) is 0 Å². The number of carboxylic acid groups (broad SMARTS) is 1. The van der Waals surface area contributed by atoms with Crippen LogP contribution in [0.2, 0.25) is 5.02 Å². The molecule has 1 atom stereocenters. The van der Waals surface area contributed by atoms with Crippen LogP contribution in [0.25, 0.3) is 0 Å². The number of carbonyl (C=O) groups is 2. The second kappa shape index (κ2) is 4.02. The Labute approximate surface area is 96.6 Å². The van der Waals surface area contributed by atoms with Crippen molar-refractivity contribution >= 4 is 29.3 Å². The number of nitrogens with one attached hydrogen (secondary N) is 1. The molecule has 84 valence electrons. The molecule has 6 heteroatoms. The van der Waals surface area contributed by atoms with Crippen molar-refractivity contribution in [1.29, 1.82) is 0 Å². The number of anilines is 1. The molecule has 16 heavy (non-hydrogen) atoms. The van der Waals surface area contributed by atoms with Crippen molar-refractivity contribution in [2.45, 2.75) is 6.04 Å². The van der Waals surface area contributed by atoms with Crippen LogP contribution in [-0.4, -0.2) is 29.7 Å². The van der Waals surface area contributed by atoms with Gasteiger partial charge >= 0.3 is 12.0 Å². The minimum Gasteiger partial charge on any atom is -0.480 e. The second-order valence-corrected chi connectivity index (χ2v) is 3.82. The predicted octanol–water partition coefficient (Wildman–Crippen LogP) is 1.32. The number of carboxylic acids is 1. The second-order valence-electron chi connectivity index (χ2n) is 3.39. The highest BCUT2D eigenvalue weighted by atomic mass is 35.5. The van der Waals surface area contributed by atoms with Gasteiger partial charge in [-0.05, 0) is 24.3 Å². The smallest absolute Gasteiger partial charge is 0.328 e. The van der Waals surface area contributed by atoms with E-state index in [9.17, 15) is 9.59 Å². The standard InChI is InChI=1S/C10H9ClN2O3/c11-6-1-3-7(4-2-6)13-8(9(14)15)5-12-10(13)16/h1-4,8H,5H2,(H,12,16)(H,14,15). The number of hydrogen-bond acceptors (Lipinski definition) is 2. The maximum Gasteiger partial charge on any atom is 0.328 e. The lowest BCUT2D eigenvalue weighted by molar-refractivity contribution is -0.137. The fourth-order valence-electron chi connectivity index (χ4n) is 1.60. The zero-order chi connectivity index (χ0) is 11.7. The van der Waals surface area contributed by atoms with Gasteiger partial charge < -0.3 is 10.4 Å². The number of rotatable bonds is 2. The molecule has 0 radical (unpaired) electrons. The Hall–Kier alpha value is -1.75. The summed E-state index contributed by atoms with van der Waals surface area (Å²) < 4.78 is 0. The maximum atomic E-state index is 11.5. The number of aliphatic carboxylic acids is 1. The van der Waals surface area contributed by atoms with E-state index in [1.807, 2.05) is 0 Å². The number of benzene rings is 1. The SMILES string of the molecule is O=C(O)C1CNC(=O)N1c1ccc(Cl)cc1. The van der Waals surface area contributed by atoms with Crippen LogP contribution in [0.4, 0.5) is 10.5 Å². The van der Waals surface area contributed by atoms with Crippen LogP contribution in [0.15, 0.2) is 24.3 Å². The molecular weight excluding hydrogens is 232 g/mol. The first-order chi connectivity index (χ1) is 7.59. The van der Waals surface area contributed by atoms with Crippen molar-refractivity contribution in [3.05, 3.63) is 29.3 Å². The minimum absolute atomic E-state index is 0.108. The summed E-state index contributed by atoms with van der Waals surface area (Å²) in [4.78, 5) is 23.6. The molecule has 2 rings (SSSR count). The summed E-state index contributed by atoms with van der Waals surface area (Å²) in [5, 5.41) is 12.0. The van der Waals surface area contributed by atoms with Gasteiger partial charge in [0.2, 0.25) is 0 Å². The predicted molar refractivity (Wildman–Crippen MR) is 58.8 cm³/mol. The zero-order valence-electron chi connectivity index (χ0n) is 8.18. The summed E-state index contributed by atoms with van der Waals surface area (Å²) >= 11 is 5.72. The third-order valence-corrected chi connectivity index (χ3v) is 2.62. The van der Waals surface area contributed by atoms with Gasteiger partial charge in [-0.25, -0.2) is 9.59 Å². The summed E-state index contributed by atoms with van der Waals surface area (Å²) in [5.41, 5.74) is 0.520. The monoisotopic (exact) mass is 240 g/mol. The van der Waals surface area contributed by atoms with Gasteiger partial charge in [0.1, 0.15) is 0 Å². The molecular formula is C10H9ClN2O3. The molecule has 1 aliphatic heterocycles. The highest BCUT2D eigenvalue weighted by Gasteiger charge is 2.36. The molecule has 2 N–H and O–H groups in total. The van der Waals surface area contributed by atoms with Gasteiger partial charge in [-0.15, -0.1) is 0 Å². The van der Waals surface area contributed by atoms with Crippen molar-refractivity contribution in [3.63, 3.8) is 0 Å². The van der Waals surface area contributed by atoms with Crippen LogP contribution in [0.5, 0.6) is 0 Å².